The number of methoxy groups -OCH3 is 1. The fourth-order valence-electron chi connectivity index (χ4n) is 5.70. The summed E-state index contributed by atoms with van der Waals surface area (Å²) in [6.45, 7) is 0.592. The van der Waals surface area contributed by atoms with Crippen LogP contribution in [0.2, 0.25) is 5.02 Å². The Labute approximate surface area is 169 Å². The SMILES string of the molecule is COC1(c2ccc(Cl)cc2)C=CC(C2CCCCC2)(C2CCCCC2)OC1. The monoisotopic (exact) mass is 388 g/mol. The first-order valence-electron chi connectivity index (χ1n) is 10.8. The first kappa shape index (κ1) is 19.5. The minimum Gasteiger partial charge on any atom is -0.367 e. The van der Waals surface area contributed by atoms with Crippen LogP contribution in [0.15, 0.2) is 36.4 Å². The van der Waals surface area contributed by atoms with Crippen LogP contribution < -0.4 is 0 Å². The average Bonchev–Trinajstić information content (AvgIpc) is 2.75. The largest absolute Gasteiger partial charge is 0.367 e. The molecule has 0 aromatic heterocycles. The van der Waals surface area contributed by atoms with E-state index in [-0.39, 0.29) is 5.60 Å². The average molecular weight is 389 g/mol. The number of hydrogen-bond acceptors (Lipinski definition) is 2. The van der Waals surface area contributed by atoms with E-state index in [1.165, 1.54) is 64.2 Å². The van der Waals surface area contributed by atoms with Crippen LogP contribution in [-0.4, -0.2) is 19.3 Å². The van der Waals surface area contributed by atoms with E-state index in [1.54, 1.807) is 7.11 Å². The molecule has 0 amide bonds. The number of halogens is 1. The summed E-state index contributed by atoms with van der Waals surface area (Å²) in [5.41, 5.74) is 0.527. The highest BCUT2D eigenvalue weighted by molar-refractivity contribution is 6.30. The lowest BCUT2D eigenvalue weighted by Gasteiger charge is -2.51. The Morgan fingerprint density at radius 2 is 1.41 bits per heavy atom. The fraction of sp³-hybridized carbons (Fsp3) is 0.667. The van der Waals surface area contributed by atoms with Gasteiger partial charge in [0, 0.05) is 12.1 Å². The molecule has 2 fully saturated rings. The van der Waals surface area contributed by atoms with Crippen LogP contribution in [0, 0.1) is 11.8 Å². The van der Waals surface area contributed by atoms with Crippen LogP contribution in [0.3, 0.4) is 0 Å². The van der Waals surface area contributed by atoms with E-state index >= 15 is 0 Å². The van der Waals surface area contributed by atoms with Gasteiger partial charge in [-0.25, -0.2) is 0 Å². The van der Waals surface area contributed by atoms with Crippen LogP contribution in [-0.2, 0) is 15.1 Å². The molecule has 0 saturated heterocycles. The van der Waals surface area contributed by atoms with Crippen LogP contribution in [0.1, 0.15) is 69.8 Å². The Morgan fingerprint density at radius 3 is 1.85 bits per heavy atom. The van der Waals surface area contributed by atoms with Crippen molar-refractivity contribution in [2.24, 2.45) is 11.8 Å². The molecule has 2 nitrogen and oxygen atoms in total. The molecule has 1 aromatic carbocycles. The second kappa shape index (κ2) is 8.27. The molecular weight excluding hydrogens is 356 g/mol. The Hall–Kier alpha value is -0.830. The van der Waals surface area contributed by atoms with Gasteiger partial charge >= 0.3 is 0 Å². The third-order valence-electron chi connectivity index (χ3n) is 7.33. The van der Waals surface area contributed by atoms with Crippen molar-refractivity contribution in [3.05, 3.63) is 47.0 Å². The summed E-state index contributed by atoms with van der Waals surface area (Å²) in [5.74, 6) is 1.32. The van der Waals surface area contributed by atoms with E-state index in [2.05, 4.69) is 24.3 Å². The third kappa shape index (κ3) is 3.73. The van der Waals surface area contributed by atoms with Crippen molar-refractivity contribution in [2.75, 3.05) is 13.7 Å². The Bertz CT molecular complexity index is 623. The highest BCUT2D eigenvalue weighted by atomic mass is 35.5. The number of benzene rings is 1. The summed E-state index contributed by atoms with van der Waals surface area (Å²) in [5, 5.41) is 0.754. The number of hydrogen-bond donors (Lipinski definition) is 0. The fourth-order valence-corrected chi connectivity index (χ4v) is 5.82. The maximum Gasteiger partial charge on any atom is 0.134 e. The zero-order chi connectivity index (χ0) is 18.7. The second-order valence-electron chi connectivity index (χ2n) is 8.75. The first-order chi connectivity index (χ1) is 13.2. The summed E-state index contributed by atoms with van der Waals surface area (Å²) >= 11 is 6.10. The summed E-state index contributed by atoms with van der Waals surface area (Å²) < 4.78 is 12.9. The molecule has 1 aliphatic heterocycles. The maximum atomic E-state index is 6.89. The predicted octanol–water partition coefficient (Wildman–Crippen LogP) is 6.67. The quantitative estimate of drug-likeness (QED) is 0.536. The zero-order valence-corrected chi connectivity index (χ0v) is 17.3. The molecular formula is C24H33ClO2. The van der Waals surface area contributed by atoms with Crippen molar-refractivity contribution in [3.8, 4) is 0 Å². The normalized spacial score (nSPS) is 29.7. The summed E-state index contributed by atoms with van der Waals surface area (Å²) in [4.78, 5) is 0. The van der Waals surface area contributed by atoms with Gasteiger partial charge in [-0.15, -0.1) is 0 Å². The molecule has 0 bridgehead atoms. The van der Waals surface area contributed by atoms with E-state index in [0.29, 0.717) is 18.4 Å². The summed E-state index contributed by atoms with van der Waals surface area (Å²) in [6.07, 6.45) is 18.1. The molecule has 148 valence electrons. The van der Waals surface area contributed by atoms with Crippen LogP contribution >= 0.6 is 11.6 Å². The second-order valence-corrected chi connectivity index (χ2v) is 9.18. The maximum absolute atomic E-state index is 6.89. The Morgan fingerprint density at radius 1 is 0.852 bits per heavy atom. The molecule has 3 aliphatic rings. The summed E-state index contributed by atoms with van der Waals surface area (Å²) in [6, 6.07) is 8.01. The van der Waals surface area contributed by atoms with Crippen LogP contribution in [0.25, 0.3) is 0 Å². The Balaban J connectivity index is 1.67. The van der Waals surface area contributed by atoms with E-state index in [0.717, 1.165) is 10.6 Å². The van der Waals surface area contributed by atoms with Crippen molar-refractivity contribution in [1.82, 2.24) is 0 Å². The molecule has 4 rings (SSSR count). The minimum atomic E-state index is -0.503. The Kier molecular flexibility index (Phi) is 5.97. The van der Waals surface area contributed by atoms with E-state index in [4.69, 9.17) is 21.1 Å². The highest BCUT2D eigenvalue weighted by Gasteiger charge is 2.49. The van der Waals surface area contributed by atoms with Crippen molar-refractivity contribution in [1.29, 1.82) is 0 Å². The van der Waals surface area contributed by atoms with Crippen LogP contribution in [0.4, 0.5) is 0 Å². The lowest BCUT2D eigenvalue weighted by molar-refractivity contribution is -0.166. The van der Waals surface area contributed by atoms with Gasteiger partial charge in [0.1, 0.15) is 5.60 Å². The van der Waals surface area contributed by atoms with Gasteiger partial charge in [-0.2, -0.15) is 0 Å². The van der Waals surface area contributed by atoms with Gasteiger partial charge in [0.05, 0.1) is 12.2 Å². The third-order valence-corrected chi connectivity index (χ3v) is 7.59. The lowest BCUT2D eigenvalue weighted by atomic mass is 9.65. The van der Waals surface area contributed by atoms with E-state index in [1.807, 2.05) is 12.1 Å². The number of ether oxygens (including phenoxy) is 2. The molecule has 2 aliphatic carbocycles. The molecule has 1 unspecified atom stereocenters. The molecule has 3 heteroatoms. The topological polar surface area (TPSA) is 18.5 Å². The van der Waals surface area contributed by atoms with Crippen molar-refractivity contribution >= 4 is 11.6 Å². The molecule has 1 aromatic rings. The lowest BCUT2D eigenvalue weighted by Crippen LogP contribution is -2.53. The molecule has 0 spiro atoms. The van der Waals surface area contributed by atoms with Gasteiger partial charge in [0.25, 0.3) is 0 Å². The molecule has 0 N–H and O–H groups in total. The van der Waals surface area contributed by atoms with Gasteiger partial charge in [0.2, 0.25) is 0 Å². The molecule has 2 saturated carbocycles. The highest BCUT2D eigenvalue weighted by Crippen LogP contribution is 2.49. The van der Waals surface area contributed by atoms with Gasteiger partial charge in [-0.3, -0.25) is 0 Å². The molecule has 0 radical (unpaired) electrons. The van der Waals surface area contributed by atoms with Crippen molar-refractivity contribution in [3.63, 3.8) is 0 Å². The smallest absolute Gasteiger partial charge is 0.134 e. The van der Waals surface area contributed by atoms with Gasteiger partial charge in [0.15, 0.2) is 0 Å². The number of rotatable bonds is 4. The van der Waals surface area contributed by atoms with E-state index < -0.39 is 5.60 Å². The zero-order valence-electron chi connectivity index (χ0n) is 16.6. The molecule has 27 heavy (non-hydrogen) atoms. The molecule has 1 atom stereocenters. The standard InChI is InChI=1S/C24H33ClO2/c1-26-23(19-12-14-22(25)15-13-19)16-17-24(27-18-23,20-8-4-2-5-9-20)21-10-6-3-7-11-21/h12-17,20-21H,2-11,18H2,1H3. The molecule has 1 heterocycles. The van der Waals surface area contributed by atoms with Gasteiger partial charge in [-0.05, 0) is 61.3 Å². The van der Waals surface area contributed by atoms with Crippen molar-refractivity contribution in [2.45, 2.75) is 75.4 Å². The van der Waals surface area contributed by atoms with Crippen molar-refractivity contribution < 1.29 is 9.47 Å². The van der Waals surface area contributed by atoms with Gasteiger partial charge in [-0.1, -0.05) is 68.3 Å². The van der Waals surface area contributed by atoms with Gasteiger partial charge < -0.3 is 9.47 Å². The summed E-state index contributed by atoms with van der Waals surface area (Å²) in [7, 11) is 1.79. The van der Waals surface area contributed by atoms with Crippen LogP contribution in [0.5, 0.6) is 0 Å². The minimum absolute atomic E-state index is 0.0880. The van der Waals surface area contributed by atoms with E-state index in [9.17, 15) is 0 Å². The first-order valence-corrected chi connectivity index (χ1v) is 11.2. The predicted molar refractivity (Wildman–Crippen MR) is 111 cm³/mol.